The van der Waals surface area contributed by atoms with Crippen molar-refractivity contribution in [1.82, 2.24) is 0 Å². The zero-order valence-electron chi connectivity index (χ0n) is 17.1. The highest BCUT2D eigenvalue weighted by molar-refractivity contribution is 7.89. The summed E-state index contributed by atoms with van der Waals surface area (Å²) < 4.78 is 33.9. The van der Waals surface area contributed by atoms with E-state index in [2.05, 4.69) is 10.2 Å². The van der Waals surface area contributed by atoms with Crippen LogP contribution in [-0.2, 0) is 14.8 Å². The molecule has 0 bridgehead atoms. The standard InChI is InChI=1S/C22H14Cl2N4O5S/c1-27-15-4-13(11-25)5-17(8-15)33-18-7-14(23)6-16(9-18)32-12-22(29)28-21-3-2-19(10-20(21)24)34(26,30)31/h2-10H,12H2,(H,28,29)(H2,26,30,31). The monoisotopic (exact) mass is 516 g/mol. The normalized spacial score (nSPS) is 10.6. The van der Waals surface area contributed by atoms with Crippen LogP contribution in [0.25, 0.3) is 4.85 Å². The van der Waals surface area contributed by atoms with Gasteiger partial charge in [0.05, 0.1) is 28.2 Å². The average Bonchev–Trinajstić information content (AvgIpc) is 2.77. The zero-order valence-corrected chi connectivity index (χ0v) is 19.4. The Morgan fingerprint density at radius 1 is 1.09 bits per heavy atom. The lowest BCUT2D eigenvalue weighted by molar-refractivity contribution is -0.118. The number of primary sulfonamides is 1. The maximum Gasteiger partial charge on any atom is 0.262 e. The third-order valence-electron chi connectivity index (χ3n) is 4.14. The van der Waals surface area contributed by atoms with Crippen molar-refractivity contribution in [3.05, 3.63) is 81.6 Å². The molecule has 3 aromatic carbocycles. The molecule has 3 aromatic rings. The predicted molar refractivity (Wildman–Crippen MR) is 126 cm³/mol. The maximum atomic E-state index is 12.3. The number of nitriles is 1. The van der Waals surface area contributed by atoms with E-state index in [9.17, 15) is 13.2 Å². The van der Waals surface area contributed by atoms with Gasteiger partial charge in [0, 0.05) is 16.7 Å². The molecule has 0 saturated carbocycles. The Kier molecular flexibility index (Phi) is 7.61. The van der Waals surface area contributed by atoms with Gasteiger partial charge in [-0.05, 0) is 48.5 Å². The molecule has 172 valence electrons. The first-order chi connectivity index (χ1) is 16.1. The number of amides is 1. The van der Waals surface area contributed by atoms with Crippen molar-refractivity contribution >= 4 is 50.5 Å². The molecule has 0 fully saturated rings. The SMILES string of the molecule is [C-]#[N+]c1cc(C#N)cc(Oc2cc(Cl)cc(OCC(=O)Nc3ccc(S(N)(=O)=O)cc3Cl)c2)c1. The molecule has 0 spiro atoms. The van der Waals surface area contributed by atoms with Gasteiger partial charge in [0.2, 0.25) is 10.0 Å². The molecule has 0 radical (unpaired) electrons. The first-order valence-corrected chi connectivity index (χ1v) is 11.5. The van der Waals surface area contributed by atoms with E-state index >= 15 is 0 Å². The highest BCUT2D eigenvalue weighted by Gasteiger charge is 2.13. The molecule has 0 saturated heterocycles. The fraction of sp³-hybridized carbons (Fsp3) is 0.0455. The van der Waals surface area contributed by atoms with Crippen LogP contribution in [0.5, 0.6) is 17.2 Å². The van der Waals surface area contributed by atoms with Crippen LogP contribution in [0.4, 0.5) is 11.4 Å². The lowest BCUT2D eigenvalue weighted by Crippen LogP contribution is -2.20. The molecule has 3 N–H and O–H groups in total. The molecule has 0 aliphatic heterocycles. The number of hydrogen-bond acceptors (Lipinski definition) is 6. The van der Waals surface area contributed by atoms with Crippen molar-refractivity contribution in [2.24, 2.45) is 5.14 Å². The minimum absolute atomic E-state index is 0.0169. The number of carbonyl (C=O) groups excluding carboxylic acids is 1. The zero-order chi connectivity index (χ0) is 24.9. The summed E-state index contributed by atoms with van der Waals surface area (Å²) in [5.74, 6) is 0.162. The minimum Gasteiger partial charge on any atom is -0.484 e. The van der Waals surface area contributed by atoms with Crippen molar-refractivity contribution in [2.45, 2.75) is 4.90 Å². The van der Waals surface area contributed by atoms with E-state index < -0.39 is 22.5 Å². The molecule has 0 atom stereocenters. The topological polar surface area (TPSA) is 136 Å². The van der Waals surface area contributed by atoms with E-state index in [4.69, 9.17) is 49.6 Å². The Hall–Kier alpha value is -3.80. The molecule has 0 aliphatic carbocycles. The average molecular weight is 517 g/mol. The molecule has 0 unspecified atom stereocenters. The molecular weight excluding hydrogens is 503 g/mol. The van der Waals surface area contributed by atoms with E-state index in [1.54, 1.807) is 0 Å². The first kappa shape index (κ1) is 24.8. The van der Waals surface area contributed by atoms with Gasteiger partial charge in [-0.1, -0.05) is 23.2 Å². The highest BCUT2D eigenvalue weighted by Crippen LogP contribution is 2.32. The number of anilines is 1. The van der Waals surface area contributed by atoms with Crippen LogP contribution in [0.2, 0.25) is 10.0 Å². The van der Waals surface area contributed by atoms with Crippen LogP contribution in [0.1, 0.15) is 5.56 Å². The van der Waals surface area contributed by atoms with Crippen LogP contribution in [0.3, 0.4) is 0 Å². The summed E-state index contributed by atoms with van der Waals surface area (Å²) in [6, 6.07) is 14.4. The number of nitrogens with zero attached hydrogens (tertiary/aromatic N) is 2. The van der Waals surface area contributed by atoms with Crippen molar-refractivity contribution < 1.29 is 22.7 Å². The Bertz CT molecular complexity index is 1430. The van der Waals surface area contributed by atoms with Gasteiger partial charge in [0.1, 0.15) is 17.2 Å². The fourth-order valence-corrected chi connectivity index (χ4v) is 3.74. The molecule has 12 heteroatoms. The summed E-state index contributed by atoms with van der Waals surface area (Å²) in [7, 11) is -3.93. The summed E-state index contributed by atoms with van der Waals surface area (Å²) >= 11 is 12.1. The van der Waals surface area contributed by atoms with Crippen molar-refractivity contribution in [3.8, 4) is 23.3 Å². The summed E-state index contributed by atoms with van der Waals surface area (Å²) in [4.78, 5) is 15.4. The summed E-state index contributed by atoms with van der Waals surface area (Å²) in [5, 5.41) is 16.9. The van der Waals surface area contributed by atoms with Crippen molar-refractivity contribution in [3.63, 3.8) is 0 Å². The number of carbonyl (C=O) groups is 1. The minimum atomic E-state index is -3.93. The third-order valence-corrected chi connectivity index (χ3v) is 5.59. The molecule has 0 aliphatic rings. The molecule has 0 aromatic heterocycles. The lowest BCUT2D eigenvalue weighted by Gasteiger charge is -2.12. The van der Waals surface area contributed by atoms with E-state index in [1.165, 1.54) is 48.5 Å². The summed E-state index contributed by atoms with van der Waals surface area (Å²) in [5.41, 5.74) is 0.667. The third kappa shape index (κ3) is 6.61. The van der Waals surface area contributed by atoms with Gasteiger partial charge in [-0.3, -0.25) is 4.79 Å². The summed E-state index contributed by atoms with van der Waals surface area (Å²) in [6.45, 7) is 6.71. The van der Waals surface area contributed by atoms with E-state index in [0.717, 1.165) is 6.07 Å². The second-order valence-electron chi connectivity index (χ2n) is 6.69. The number of sulfonamides is 1. The van der Waals surface area contributed by atoms with Crippen LogP contribution in [-0.4, -0.2) is 20.9 Å². The van der Waals surface area contributed by atoms with Crippen LogP contribution < -0.4 is 19.9 Å². The predicted octanol–water partition coefficient (Wildman–Crippen LogP) is 4.87. The smallest absolute Gasteiger partial charge is 0.262 e. The quantitative estimate of drug-likeness (QED) is 0.429. The Balaban J connectivity index is 1.69. The van der Waals surface area contributed by atoms with Crippen LogP contribution >= 0.6 is 23.2 Å². The van der Waals surface area contributed by atoms with E-state index in [1.807, 2.05) is 6.07 Å². The van der Waals surface area contributed by atoms with Crippen LogP contribution in [0, 0.1) is 17.9 Å². The molecule has 1 amide bonds. The van der Waals surface area contributed by atoms with Gasteiger partial charge >= 0.3 is 0 Å². The first-order valence-electron chi connectivity index (χ1n) is 9.23. The number of hydrogen-bond donors (Lipinski definition) is 2. The van der Waals surface area contributed by atoms with Gasteiger partial charge < -0.3 is 14.8 Å². The number of halogens is 2. The molecule has 3 rings (SSSR count). The Morgan fingerprint density at radius 2 is 1.79 bits per heavy atom. The Morgan fingerprint density at radius 3 is 2.44 bits per heavy atom. The van der Waals surface area contributed by atoms with Crippen LogP contribution in [0.15, 0.2) is 59.5 Å². The lowest BCUT2D eigenvalue weighted by atomic mass is 10.2. The molecular formula is C22H14Cl2N4O5S. The number of nitrogens with one attached hydrogen (secondary N) is 1. The molecule has 34 heavy (non-hydrogen) atoms. The van der Waals surface area contributed by atoms with Gasteiger partial charge in [-0.25, -0.2) is 18.4 Å². The van der Waals surface area contributed by atoms with Gasteiger partial charge in [0.25, 0.3) is 5.91 Å². The van der Waals surface area contributed by atoms with Crippen molar-refractivity contribution in [1.29, 1.82) is 5.26 Å². The number of benzene rings is 3. The second kappa shape index (κ2) is 10.4. The molecule has 0 heterocycles. The maximum absolute atomic E-state index is 12.3. The van der Waals surface area contributed by atoms with E-state index in [0.29, 0.717) is 0 Å². The van der Waals surface area contributed by atoms with Crippen molar-refractivity contribution in [2.75, 3.05) is 11.9 Å². The second-order valence-corrected chi connectivity index (χ2v) is 9.09. The number of rotatable bonds is 7. The fourth-order valence-electron chi connectivity index (χ4n) is 2.70. The number of nitrogens with two attached hydrogens (primary N) is 1. The molecule has 9 nitrogen and oxygen atoms in total. The largest absolute Gasteiger partial charge is 0.484 e. The van der Waals surface area contributed by atoms with E-state index in [-0.39, 0.29) is 49.1 Å². The van der Waals surface area contributed by atoms with Gasteiger partial charge in [-0.15, -0.1) is 0 Å². The van der Waals surface area contributed by atoms with Gasteiger partial charge in [0.15, 0.2) is 12.3 Å². The highest BCUT2D eigenvalue weighted by atomic mass is 35.5. The van der Waals surface area contributed by atoms with Gasteiger partial charge in [-0.2, -0.15) is 5.26 Å². The Labute approximate surface area is 205 Å². The number of ether oxygens (including phenoxy) is 2. The summed E-state index contributed by atoms with van der Waals surface area (Å²) in [6.07, 6.45) is 0.